The number of nitrogens with zero attached hydrogens (tertiary/aromatic N) is 1. The van der Waals surface area contributed by atoms with Crippen molar-refractivity contribution in [2.24, 2.45) is 0 Å². The van der Waals surface area contributed by atoms with E-state index in [9.17, 15) is 32.3 Å². The van der Waals surface area contributed by atoms with Crippen molar-refractivity contribution in [3.63, 3.8) is 0 Å². The number of carbonyl (C=O) groups excluding carboxylic acids is 2. The second kappa shape index (κ2) is 7.97. The van der Waals surface area contributed by atoms with Crippen molar-refractivity contribution in [1.82, 2.24) is 4.98 Å². The molecular weight excluding hydrogens is 408 g/mol. The van der Waals surface area contributed by atoms with Crippen LogP contribution in [0, 0.1) is 5.82 Å². The molecule has 0 unspecified atom stereocenters. The van der Waals surface area contributed by atoms with Gasteiger partial charge in [0.1, 0.15) is 16.9 Å². The summed E-state index contributed by atoms with van der Waals surface area (Å²) < 4.78 is 55.8. The molecule has 0 saturated carbocycles. The summed E-state index contributed by atoms with van der Waals surface area (Å²) in [5.41, 5.74) is 0.189. The SMILES string of the molecule is COC(=O)c1cc(NC(=O)C(F)(F)F)c2cc(Cc3ccc(F)cc3)cnc2c1O. The van der Waals surface area contributed by atoms with Gasteiger partial charge in [-0.3, -0.25) is 9.78 Å². The van der Waals surface area contributed by atoms with Crippen molar-refractivity contribution in [1.29, 1.82) is 0 Å². The van der Waals surface area contributed by atoms with Gasteiger partial charge in [0, 0.05) is 11.6 Å². The Labute approximate surface area is 167 Å². The molecule has 2 N–H and O–H groups in total. The second-order valence-electron chi connectivity index (χ2n) is 6.31. The Balaban J connectivity index is 2.12. The molecule has 0 aliphatic carbocycles. The van der Waals surface area contributed by atoms with Gasteiger partial charge < -0.3 is 15.2 Å². The number of esters is 1. The van der Waals surface area contributed by atoms with Crippen LogP contribution in [0.2, 0.25) is 0 Å². The highest BCUT2D eigenvalue weighted by molar-refractivity contribution is 6.09. The number of hydrogen-bond acceptors (Lipinski definition) is 5. The monoisotopic (exact) mass is 422 g/mol. The third kappa shape index (κ3) is 4.32. The number of nitrogens with one attached hydrogen (secondary N) is 1. The number of carbonyl (C=O) groups is 2. The third-order valence-corrected chi connectivity index (χ3v) is 4.24. The molecule has 156 valence electrons. The average molecular weight is 422 g/mol. The van der Waals surface area contributed by atoms with E-state index in [1.165, 1.54) is 36.5 Å². The maximum atomic E-state index is 13.1. The molecule has 0 fully saturated rings. The van der Waals surface area contributed by atoms with Crippen molar-refractivity contribution < 1.29 is 37.0 Å². The first-order valence-corrected chi connectivity index (χ1v) is 8.45. The Morgan fingerprint density at radius 2 is 1.80 bits per heavy atom. The third-order valence-electron chi connectivity index (χ3n) is 4.24. The van der Waals surface area contributed by atoms with Crippen molar-refractivity contribution in [3.05, 3.63) is 65.1 Å². The number of alkyl halides is 3. The second-order valence-corrected chi connectivity index (χ2v) is 6.31. The van der Waals surface area contributed by atoms with Gasteiger partial charge in [0.05, 0.1) is 12.8 Å². The number of aromatic nitrogens is 1. The van der Waals surface area contributed by atoms with Crippen molar-refractivity contribution in [2.45, 2.75) is 12.6 Å². The van der Waals surface area contributed by atoms with Gasteiger partial charge in [-0.2, -0.15) is 13.2 Å². The van der Waals surface area contributed by atoms with Crippen LogP contribution in [-0.4, -0.2) is 35.3 Å². The van der Waals surface area contributed by atoms with E-state index in [1.54, 1.807) is 5.32 Å². The van der Waals surface area contributed by atoms with E-state index in [1.807, 2.05) is 0 Å². The number of phenolic OH excluding ortho intramolecular Hbond substituents is 1. The topological polar surface area (TPSA) is 88.5 Å². The number of hydrogen-bond donors (Lipinski definition) is 2. The number of phenols is 1. The number of ether oxygens (including phenoxy) is 1. The van der Waals surface area contributed by atoms with Crippen LogP contribution in [0.4, 0.5) is 23.2 Å². The molecule has 0 aliphatic heterocycles. The summed E-state index contributed by atoms with van der Waals surface area (Å²) in [6.45, 7) is 0. The van der Waals surface area contributed by atoms with E-state index in [2.05, 4.69) is 9.72 Å². The maximum absolute atomic E-state index is 13.1. The Kier molecular flexibility index (Phi) is 5.59. The van der Waals surface area contributed by atoms with Crippen molar-refractivity contribution >= 4 is 28.5 Å². The van der Waals surface area contributed by atoms with Crippen LogP contribution in [0.3, 0.4) is 0 Å². The zero-order valence-corrected chi connectivity index (χ0v) is 15.4. The van der Waals surface area contributed by atoms with Gasteiger partial charge in [-0.15, -0.1) is 0 Å². The van der Waals surface area contributed by atoms with Crippen LogP contribution in [0.25, 0.3) is 10.9 Å². The Morgan fingerprint density at radius 3 is 2.40 bits per heavy atom. The molecule has 0 radical (unpaired) electrons. The zero-order chi connectivity index (χ0) is 22.1. The van der Waals surface area contributed by atoms with Crippen LogP contribution in [0.1, 0.15) is 21.5 Å². The Hall–Kier alpha value is -3.69. The first-order chi connectivity index (χ1) is 14.1. The molecule has 1 amide bonds. The predicted octanol–water partition coefficient (Wildman–Crippen LogP) is 3.96. The molecule has 1 heterocycles. The van der Waals surface area contributed by atoms with Crippen molar-refractivity contribution in [3.8, 4) is 5.75 Å². The molecule has 0 saturated heterocycles. The number of pyridine rings is 1. The van der Waals surface area contributed by atoms with Gasteiger partial charge in [0.25, 0.3) is 0 Å². The minimum Gasteiger partial charge on any atom is -0.505 e. The minimum absolute atomic E-state index is 0.0163. The lowest BCUT2D eigenvalue weighted by Crippen LogP contribution is -2.30. The first kappa shape index (κ1) is 21.0. The molecular formula is C20H14F4N2O4. The molecule has 0 aliphatic rings. The van der Waals surface area contributed by atoms with Gasteiger partial charge in [-0.1, -0.05) is 12.1 Å². The smallest absolute Gasteiger partial charge is 0.471 e. The van der Waals surface area contributed by atoms with Crippen molar-refractivity contribution in [2.75, 3.05) is 12.4 Å². The fraction of sp³-hybridized carbons (Fsp3) is 0.150. The average Bonchev–Trinajstić information content (AvgIpc) is 2.70. The van der Waals surface area contributed by atoms with Gasteiger partial charge in [-0.25, -0.2) is 9.18 Å². The summed E-state index contributed by atoms with van der Waals surface area (Å²) in [6.07, 6.45) is -3.56. The van der Waals surface area contributed by atoms with E-state index >= 15 is 0 Å². The summed E-state index contributed by atoms with van der Waals surface area (Å²) in [6, 6.07) is 7.88. The van der Waals surface area contributed by atoms with Gasteiger partial charge in [-0.05, 0) is 41.8 Å². The lowest BCUT2D eigenvalue weighted by molar-refractivity contribution is -0.167. The standard InChI is InChI=1S/C20H14F4N2O4/c1-30-18(28)14-8-15(26-19(29)20(22,23)24)13-7-11(9-25-16(13)17(14)27)6-10-2-4-12(21)5-3-10/h2-5,7-9,27H,6H2,1H3,(H,26,29). The van der Waals surface area contributed by atoms with E-state index in [-0.39, 0.29) is 23.0 Å². The zero-order valence-electron chi connectivity index (χ0n) is 15.4. The maximum Gasteiger partial charge on any atom is 0.471 e. The Morgan fingerprint density at radius 1 is 1.13 bits per heavy atom. The molecule has 0 atom stereocenters. The van der Waals surface area contributed by atoms with Crippen LogP contribution in [-0.2, 0) is 16.0 Å². The van der Waals surface area contributed by atoms with Crippen LogP contribution in [0.5, 0.6) is 5.75 Å². The highest BCUT2D eigenvalue weighted by atomic mass is 19.4. The molecule has 0 spiro atoms. The van der Waals surface area contributed by atoms with E-state index in [0.29, 0.717) is 11.1 Å². The van der Waals surface area contributed by atoms with Gasteiger partial charge >= 0.3 is 18.1 Å². The molecule has 3 rings (SSSR count). The fourth-order valence-electron chi connectivity index (χ4n) is 2.82. The normalized spacial score (nSPS) is 11.4. The summed E-state index contributed by atoms with van der Waals surface area (Å²) in [5.74, 6) is -4.30. The number of fused-ring (bicyclic) bond motifs is 1. The molecule has 10 heteroatoms. The number of anilines is 1. The number of halogens is 4. The molecule has 3 aromatic rings. The molecule has 0 bridgehead atoms. The number of rotatable bonds is 4. The first-order valence-electron chi connectivity index (χ1n) is 8.45. The minimum atomic E-state index is -5.17. The highest BCUT2D eigenvalue weighted by Crippen LogP contribution is 2.35. The van der Waals surface area contributed by atoms with E-state index in [0.717, 1.165) is 13.2 Å². The lowest BCUT2D eigenvalue weighted by Gasteiger charge is -2.14. The number of benzene rings is 2. The summed E-state index contributed by atoms with van der Waals surface area (Å²) in [7, 11) is 1.03. The fourth-order valence-corrected chi connectivity index (χ4v) is 2.82. The number of aromatic hydroxyl groups is 1. The molecule has 1 aromatic heterocycles. The number of amides is 1. The van der Waals surface area contributed by atoms with Gasteiger partial charge in [0.2, 0.25) is 0 Å². The Bertz CT molecular complexity index is 1130. The number of methoxy groups -OCH3 is 1. The van der Waals surface area contributed by atoms with E-state index < -0.39 is 35.2 Å². The van der Waals surface area contributed by atoms with Crippen LogP contribution >= 0.6 is 0 Å². The van der Waals surface area contributed by atoms with Crippen LogP contribution in [0.15, 0.2) is 42.6 Å². The lowest BCUT2D eigenvalue weighted by atomic mass is 10.0. The summed E-state index contributed by atoms with van der Waals surface area (Å²) >= 11 is 0. The summed E-state index contributed by atoms with van der Waals surface area (Å²) in [5, 5.41) is 12.0. The molecule has 2 aromatic carbocycles. The molecule has 6 nitrogen and oxygen atoms in total. The largest absolute Gasteiger partial charge is 0.505 e. The highest BCUT2D eigenvalue weighted by Gasteiger charge is 2.39. The van der Waals surface area contributed by atoms with Gasteiger partial charge in [0.15, 0.2) is 5.75 Å². The van der Waals surface area contributed by atoms with Crippen LogP contribution < -0.4 is 5.32 Å². The molecule has 30 heavy (non-hydrogen) atoms. The van der Waals surface area contributed by atoms with E-state index in [4.69, 9.17) is 0 Å². The summed E-state index contributed by atoms with van der Waals surface area (Å²) in [4.78, 5) is 27.4. The predicted molar refractivity (Wildman–Crippen MR) is 98.6 cm³/mol. The quantitative estimate of drug-likeness (QED) is 0.378.